The highest BCUT2D eigenvalue weighted by Gasteiger charge is 2.30. The van der Waals surface area contributed by atoms with Crippen molar-refractivity contribution < 1.29 is 23.1 Å². The predicted octanol–water partition coefficient (Wildman–Crippen LogP) is 1.11. The minimum absolute atomic E-state index is 0.0201. The molecule has 1 amide bonds. The Hall–Kier alpha value is -1.93. The number of rotatable bonds is 7. The minimum atomic E-state index is -3.25. The summed E-state index contributed by atoms with van der Waals surface area (Å²) in [6.07, 6.45) is 1.70. The van der Waals surface area contributed by atoms with Crippen LogP contribution in [0.15, 0.2) is 24.3 Å². The fourth-order valence-electron chi connectivity index (χ4n) is 2.67. The molecule has 0 spiro atoms. The molecule has 1 fully saturated rings. The first kappa shape index (κ1) is 18.4. The molecule has 24 heavy (non-hydrogen) atoms. The van der Waals surface area contributed by atoms with Crippen molar-refractivity contribution in [2.24, 2.45) is 5.92 Å². The van der Waals surface area contributed by atoms with Crippen LogP contribution in [0.2, 0.25) is 0 Å². The first-order valence-electron chi connectivity index (χ1n) is 7.90. The number of carboxylic acid groups (broad SMARTS) is 1. The lowest BCUT2D eigenvalue weighted by Crippen LogP contribution is -2.33. The Bertz CT molecular complexity index is 700. The van der Waals surface area contributed by atoms with Crippen LogP contribution in [0.3, 0.4) is 0 Å². The number of amides is 1. The Kier molecular flexibility index (Phi) is 5.95. The monoisotopic (exact) mass is 354 g/mol. The second-order valence-corrected chi connectivity index (χ2v) is 8.04. The molecule has 1 saturated carbocycles. The molecule has 0 radical (unpaired) electrons. The zero-order valence-electron chi connectivity index (χ0n) is 13.5. The van der Waals surface area contributed by atoms with E-state index in [4.69, 9.17) is 5.11 Å². The zero-order valence-corrected chi connectivity index (χ0v) is 14.3. The van der Waals surface area contributed by atoms with E-state index in [9.17, 15) is 18.0 Å². The van der Waals surface area contributed by atoms with Crippen LogP contribution >= 0.6 is 0 Å². The molecule has 0 heterocycles. The lowest BCUT2D eigenvalue weighted by Gasteiger charge is -2.13. The van der Waals surface area contributed by atoms with E-state index in [1.807, 2.05) is 0 Å². The van der Waals surface area contributed by atoms with Crippen LogP contribution in [0.5, 0.6) is 0 Å². The van der Waals surface area contributed by atoms with E-state index in [0.29, 0.717) is 24.8 Å². The fourth-order valence-corrected chi connectivity index (χ4v) is 3.27. The highest BCUT2D eigenvalue weighted by molar-refractivity contribution is 7.89. The second kappa shape index (κ2) is 7.76. The molecule has 0 aromatic heterocycles. The number of nitrogens with one attached hydrogen (secondary N) is 2. The summed E-state index contributed by atoms with van der Waals surface area (Å²) in [6.45, 7) is 1.74. The first-order chi connectivity index (χ1) is 11.3. The van der Waals surface area contributed by atoms with Gasteiger partial charge in [-0.25, -0.2) is 13.1 Å². The molecular formula is C16H22N2O5S. The molecule has 2 rings (SSSR count). The van der Waals surface area contributed by atoms with Gasteiger partial charge in [0.1, 0.15) is 0 Å². The van der Waals surface area contributed by atoms with E-state index in [1.165, 1.54) is 0 Å². The van der Waals surface area contributed by atoms with Crippen LogP contribution in [-0.2, 0) is 21.4 Å². The Morgan fingerprint density at radius 2 is 1.88 bits per heavy atom. The molecular weight excluding hydrogens is 332 g/mol. The van der Waals surface area contributed by atoms with E-state index >= 15 is 0 Å². The maximum Gasteiger partial charge on any atom is 0.306 e. The lowest BCUT2D eigenvalue weighted by molar-refractivity contribution is -0.141. The maximum atomic E-state index is 12.2. The Balaban J connectivity index is 1.88. The SMILES string of the molecule is CCS(=O)(=O)NCc1ccc(C(=O)N[C@H]2CC[C@@H](C(=O)O)C2)cc1. The van der Waals surface area contributed by atoms with E-state index in [2.05, 4.69) is 10.0 Å². The van der Waals surface area contributed by atoms with Crippen LogP contribution in [0, 0.1) is 5.92 Å². The predicted molar refractivity (Wildman–Crippen MR) is 89.0 cm³/mol. The summed E-state index contributed by atoms with van der Waals surface area (Å²) in [4.78, 5) is 23.1. The van der Waals surface area contributed by atoms with E-state index in [1.54, 1.807) is 31.2 Å². The van der Waals surface area contributed by atoms with Gasteiger partial charge in [0.2, 0.25) is 10.0 Å². The van der Waals surface area contributed by atoms with E-state index in [-0.39, 0.29) is 30.2 Å². The molecule has 3 N–H and O–H groups in total. The average molecular weight is 354 g/mol. The fraction of sp³-hybridized carbons (Fsp3) is 0.500. The van der Waals surface area contributed by atoms with Gasteiger partial charge in [-0.15, -0.1) is 0 Å². The third kappa shape index (κ3) is 5.04. The second-order valence-electron chi connectivity index (χ2n) is 5.94. The van der Waals surface area contributed by atoms with Gasteiger partial charge in [-0.3, -0.25) is 9.59 Å². The lowest BCUT2D eigenvalue weighted by atomic mass is 10.1. The van der Waals surface area contributed by atoms with Crippen LogP contribution < -0.4 is 10.0 Å². The number of hydrogen-bond donors (Lipinski definition) is 3. The van der Waals surface area contributed by atoms with Gasteiger partial charge in [-0.05, 0) is 43.9 Å². The largest absolute Gasteiger partial charge is 0.481 e. The first-order valence-corrected chi connectivity index (χ1v) is 9.56. The molecule has 1 aromatic carbocycles. The van der Waals surface area contributed by atoms with Crippen LogP contribution in [0.25, 0.3) is 0 Å². The topological polar surface area (TPSA) is 113 Å². The number of benzene rings is 1. The van der Waals surface area contributed by atoms with Gasteiger partial charge in [-0.2, -0.15) is 0 Å². The van der Waals surface area contributed by atoms with Gasteiger partial charge in [0, 0.05) is 18.2 Å². The Labute approximate surface area is 141 Å². The van der Waals surface area contributed by atoms with Gasteiger partial charge in [-0.1, -0.05) is 12.1 Å². The van der Waals surface area contributed by atoms with E-state index < -0.39 is 16.0 Å². The molecule has 0 saturated heterocycles. The minimum Gasteiger partial charge on any atom is -0.481 e. The van der Waals surface area contributed by atoms with Crippen molar-refractivity contribution in [1.82, 2.24) is 10.0 Å². The molecule has 2 atom stereocenters. The van der Waals surface area contributed by atoms with Crippen molar-refractivity contribution >= 4 is 21.9 Å². The number of carboxylic acids is 1. The van der Waals surface area contributed by atoms with Gasteiger partial charge >= 0.3 is 5.97 Å². The zero-order chi connectivity index (χ0) is 17.7. The van der Waals surface area contributed by atoms with Gasteiger partial charge < -0.3 is 10.4 Å². The van der Waals surface area contributed by atoms with Crippen molar-refractivity contribution in [2.75, 3.05) is 5.75 Å². The van der Waals surface area contributed by atoms with Crippen molar-refractivity contribution in [3.8, 4) is 0 Å². The van der Waals surface area contributed by atoms with Gasteiger partial charge in [0.15, 0.2) is 0 Å². The highest BCUT2D eigenvalue weighted by Crippen LogP contribution is 2.25. The van der Waals surface area contributed by atoms with Crippen molar-refractivity contribution in [3.05, 3.63) is 35.4 Å². The van der Waals surface area contributed by atoms with Gasteiger partial charge in [0.25, 0.3) is 5.91 Å². The average Bonchev–Trinajstić information content (AvgIpc) is 3.02. The van der Waals surface area contributed by atoms with Crippen LogP contribution in [-0.4, -0.2) is 37.2 Å². The number of carbonyl (C=O) groups excluding carboxylic acids is 1. The third-order valence-electron chi connectivity index (χ3n) is 4.21. The molecule has 1 aliphatic carbocycles. The van der Waals surface area contributed by atoms with Crippen molar-refractivity contribution in [1.29, 1.82) is 0 Å². The number of carbonyl (C=O) groups is 2. The normalized spacial score (nSPS) is 20.7. The number of hydrogen-bond acceptors (Lipinski definition) is 4. The molecule has 7 nitrogen and oxygen atoms in total. The summed E-state index contributed by atoms with van der Waals surface area (Å²) in [6, 6.07) is 6.54. The summed E-state index contributed by atoms with van der Waals surface area (Å²) in [5.74, 6) is -1.42. The number of aliphatic carboxylic acids is 1. The summed E-state index contributed by atoms with van der Waals surface area (Å²) in [5.41, 5.74) is 1.23. The highest BCUT2D eigenvalue weighted by atomic mass is 32.2. The van der Waals surface area contributed by atoms with E-state index in [0.717, 1.165) is 5.56 Å². The number of sulfonamides is 1. The smallest absolute Gasteiger partial charge is 0.306 e. The van der Waals surface area contributed by atoms with Crippen LogP contribution in [0.1, 0.15) is 42.1 Å². The van der Waals surface area contributed by atoms with Gasteiger partial charge in [0.05, 0.1) is 11.7 Å². The maximum absolute atomic E-state index is 12.2. The summed E-state index contributed by atoms with van der Waals surface area (Å²) < 4.78 is 25.3. The molecule has 0 bridgehead atoms. The Morgan fingerprint density at radius 1 is 1.21 bits per heavy atom. The molecule has 8 heteroatoms. The Morgan fingerprint density at radius 3 is 2.42 bits per heavy atom. The van der Waals surface area contributed by atoms with Crippen molar-refractivity contribution in [3.63, 3.8) is 0 Å². The molecule has 132 valence electrons. The summed E-state index contributed by atoms with van der Waals surface area (Å²) in [5, 5.41) is 11.8. The molecule has 1 aliphatic rings. The molecule has 0 unspecified atom stereocenters. The van der Waals surface area contributed by atoms with Crippen molar-refractivity contribution in [2.45, 2.75) is 38.8 Å². The summed E-state index contributed by atoms with van der Waals surface area (Å²) in [7, 11) is -3.25. The molecule has 1 aromatic rings. The van der Waals surface area contributed by atoms with Crippen LogP contribution in [0.4, 0.5) is 0 Å². The quantitative estimate of drug-likeness (QED) is 0.679. The third-order valence-corrected chi connectivity index (χ3v) is 5.55. The summed E-state index contributed by atoms with van der Waals surface area (Å²) >= 11 is 0. The molecule has 0 aliphatic heterocycles. The standard InChI is InChI=1S/C16H22N2O5S/c1-2-24(22,23)17-10-11-3-5-12(6-4-11)15(19)18-14-8-7-13(9-14)16(20)21/h3-6,13-14,17H,2,7-10H2,1H3,(H,18,19)(H,20,21)/t13-,14+/m1/s1.